The van der Waals surface area contributed by atoms with Crippen molar-refractivity contribution in [3.05, 3.63) is 53.1 Å². The molecule has 0 bridgehead atoms. The van der Waals surface area contributed by atoms with Gasteiger partial charge in [0, 0.05) is 5.56 Å². The van der Waals surface area contributed by atoms with Crippen molar-refractivity contribution in [2.45, 2.75) is 13.8 Å². The standard InChI is InChI=1S/C18H16O2/c1-4-11-20-18-10-6-9-17(14(18)3)16-8-5-7-15(12-19)13(16)2/h1,5-10,12H,11H2,2-3H3. The van der Waals surface area contributed by atoms with Gasteiger partial charge in [0.2, 0.25) is 0 Å². The predicted octanol–water partition coefficient (Wildman–Crippen LogP) is 3.79. The molecule has 0 saturated carbocycles. The van der Waals surface area contributed by atoms with Crippen molar-refractivity contribution in [2.24, 2.45) is 0 Å². The summed E-state index contributed by atoms with van der Waals surface area (Å²) < 4.78 is 5.54. The van der Waals surface area contributed by atoms with Crippen molar-refractivity contribution in [1.29, 1.82) is 0 Å². The fraction of sp³-hybridized carbons (Fsp3) is 0.167. The summed E-state index contributed by atoms with van der Waals surface area (Å²) in [5.74, 6) is 3.24. The van der Waals surface area contributed by atoms with Gasteiger partial charge in [-0.05, 0) is 42.2 Å². The molecule has 0 aromatic heterocycles. The third-order valence-electron chi connectivity index (χ3n) is 3.39. The lowest BCUT2D eigenvalue weighted by molar-refractivity contribution is 0.112. The van der Waals surface area contributed by atoms with Crippen LogP contribution in [0.3, 0.4) is 0 Å². The Morgan fingerprint density at radius 3 is 2.40 bits per heavy atom. The molecule has 0 N–H and O–H groups in total. The molecule has 0 aliphatic carbocycles. The molecule has 0 atom stereocenters. The minimum atomic E-state index is 0.248. The van der Waals surface area contributed by atoms with Gasteiger partial charge in [-0.2, -0.15) is 0 Å². The van der Waals surface area contributed by atoms with Crippen LogP contribution in [0.25, 0.3) is 11.1 Å². The van der Waals surface area contributed by atoms with E-state index in [-0.39, 0.29) is 6.61 Å². The van der Waals surface area contributed by atoms with E-state index in [1.807, 2.05) is 50.2 Å². The molecule has 100 valence electrons. The second kappa shape index (κ2) is 6.08. The fourth-order valence-electron chi connectivity index (χ4n) is 2.25. The van der Waals surface area contributed by atoms with Crippen LogP contribution in [-0.4, -0.2) is 12.9 Å². The summed E-state index contributed by atoms with van der Waals surface area (Å²) in [4.78, 5) is 11.1. The van der Waals surface area contributed by atoms with Crippen LogP contribution in [0.4, 0.5) is 0 Å². The first-order chi connectivity index (χ1) is 9.69. The quantitative estimate of drug-likeness (QED) is 0.620. The lowest BCUT2D eigenvalue weighted by Gasteiger charge is -2.14. The Labute approximate surface area is 119 Å². The summed E-state index contributed by atoms with van der Waals surface area (Å²) in [6.45, 7) is 4.19. The Morgan fingerprint density at radius 1 is 1.10 bits per heavy atom. The molecule has 0 unspecified atom stereocenters. The van der Waals surface area contributed by atoms with Crippen LogP contribution in [0.15, 0.2) is 36.4 Å². The molecule has 0 heterocycles. The Balaban J connectivity index is 2.54. The molecule has 2 aromatic carbocycles. The molecular formula is C18H16O2. The van der Waals surface area contributed by atoms with E-state index in [2.05, 4.69) is 5.92 Å². The van der Waals surface area contributed by atoms with Crippen molar-refractivity contribution >= 4 is 6.29 Å². The van der Waals surface area contributed by atoms with E-state index in [1.54, 1.807) is 0 Å². The van der Waals surface area contributed by atoms with E-state index in [0.717, 1.165) is 34.3 Å². The van der Waals surface area contributed by atoms with Crippen LogP contribution in [0.1, 0.15) is 21.5 Å². The molecule has 2 rings (SSSR count). The van der Waals surface area contributed by atoms with Gasteiger partial charge in [0.15, 0.2) is 0 Å². The van der Waals surface area contributed by atoms with E-state index in [9.17, 15) is 4.79 Å². The maximum absolute atomic E-state index is 11.1. The van der Waals surface area contributed by atoms with Gasteiger partial charge in [-0.15, -0.1) is 6.42 Å². The van der Waals surface area contributed by atoms with Crippen LogP contribution in [0, 0.1) is 26.2 Å². The van der Waals surface area contributed by atoms with Gasteiger partial charge in [-0.1, -0.05) is 36.3 Å². The SMILES string of the molecule is C#CCOc1cccc(-c2cccc(C=O)c2C)c1C. The second-order valence-electron chi connectivity index (χ2n) is 4.56. The number of carbonyl (C=O) groups is 1. The van der Waals surface area contributed by atoms with Gasteiger partial charge in [-0.25, -0.2) is 0 Å². The van der Waals surface area contributed by atoms with E-state index in [4.69, 9.17) is 11.2 Å². The third-order valence-corrected chi connectivity index (χ3v) is 3.39. The highest BCUT2D eigenvalue weighted by Crippen LogP contribution is 2.32. The number of aldehydes is 1. The van der Waals surface area contributed by atoms with Crippen molar-refractivity contribution < 1.29 is 9.53 Å². The third kappa shape index (κ3) is 2.57. The molecule has 2 nitrogen and oxygen atoms in total. The van der Waals surface area contributed by atoms with Gasteiger partial charge >= 0.3 is 0 Å². The Morgan fingerprint density at radius 2 is 1.75 bits per heavy atom. The molecule has 0 amide bonds. The number of carbonyl (C=O) groups excluding carboxylic acids is 1. The Kier molecular flexibility index (Phi) is 4.22. The topological polar surface area (TPSA) is 26.3 Å². The highest BCUT2D eigenvalue weighted by Gasteiger charge is 2.10. The first-order valence-corrected chi connectivity index (χ1v) is 6.40. The molecule has 0 fully saturated rings. The van der Waals surface area contributed by atoms with Gasteiger partial charge < -0.3 is 4.74 Å². The van der Waals surface area contributed by atoms with E-state index in [1.165, 1.54) is 0 Å². The zero-order valence-electron chi connectivity index (χ0n) is 11.6. The van der Waals surface area contributed by atoms with E-state index < -0.39 is 0 Å². The van der Waals surface area contributed by atoms with Crippen molar-refractivity contribution in [2.75, 3.05) is 6.61 Å². The van der Waals surface area contributed by atoms with Crippen molar-refractivity contribution in [3.8, 4) is 29.2 Å². The average molecular weight is 264 g/mol. The van der Waals surface area contributed by atoms with Crippen molar-refractivity contribution in [3.63, 3.8) is 0 Å². The minimum Gasteiger partial charge on any atom is -0.481 e. The number of terminal acetylenes is 1. The molecular weight excluding hydrogens is 248 g/mol. The van der Waals surface area contributed by atoms with Gasteiger partial charge in [0.1, 0.15) is 18.6 Å². The maximum Gasteiger partial charge on any atom is 0.150 e. The molecule has 0 radical (unpaired) electrons. The monoisotopic (exact) mass is 264 g/mol. The highest BCUT2D eigenvalue weighted by atomic mass is 16.5. The molecule has 0 aliphatic heterocycles. The summed E-state index contributed by atoms with van der Waals surface area (Å²) in [7, 11) is 0. The summed E-state index contributed by atoms with van der Waals surface area (Å²) in [5.41, 5.74) is 4.80. The number of ether oxygens (including phenoxy) is 1. The second-order valence-corrected chi connectivity index (χ2v) is 4.56. The summed E-state index contributed by atoms with van der Waals surface area (Å²) >= 11 is 0. The minimum absolute atomic E-state index is 0.248. The largest absolute Gasteiger partial charge is 0.481 e. The first kappa shape index (κ1) is 13.9. The molecule has 2 heteroatoms. The maximum atomic E-state index is 11.1. The normalized spacial score (nSPS) is 9.85. The van der Waals surface area contributed by atoms with Crippen LogP contribution in [0.2, 0.25) is 0 Å². The zero-order chi connectivity index (χ0) is 14.5. The molecule has 2 aromatic rings. The van der Waals surface area contributed by atoms with E-state index >= 15 is 0 Å². The number of benzene rings is 2. The van der Waals surface area contributed by atoms with Gasteiger partial charge in [0.25, 0.3) is 0 Å². The molecule has 0 saturated heterocycles. The summed E-state index contributed by atoms with van der Waals surface area (Å²) in [6, 6.07) is 11.6. The van der Waals surface area contributed by atoms with Crippen molar-refractivity contribution in [1.82, 2.24) is 0 Å². The molecule has 0 spiro atoms. The smallest absolute Gasteiger partial charge is 0.150 e. The van der Waals surface area contributed by atoms with E-state index in [0.29, 0.717) is 5.56 Å². The van der Waals surface area contributed by atoms with Crippen LogP contribution in [-0.2, 0) is 0 Å². The lowest BCUT2D eigenvalue weighted by Crippen LogP contribution is -1.98. The first-order valence-electron chi connectivity index (χ1n) is 6.40. The summed E-state index contributed by atoms with van der Waals surface area (Å²) in [6.07, 6.45) is 6.11. The fourth-order valence-corrected chi connectivity index (χ4v) is 2.25. The van der Waals surface area contributed by atoms with Crippen LogP contribution in [0.5, 0.6) is 5.75 Å². The Hall–Kier alpha value is -2.53. The van der Waals surface area contributed by atoms with Crippen LogP contribution < -0.4 is 4.74 Å². The highest BCUT2D eigenvalue weighted by molar-refractivity contribution is 5.83. The van der Waals surface area contributed by atoms with Gasteiger partial charge in [0.05, 0.1) is 0 Å². The number of hydrogen-bond donors (Lipinski definition) is 0. The van der Waals surface area contributed by atoms with Gasteiger partial charge in [-0.3, -0.25) is 4.79 Å². The molecule has 20 heavy (non-hydrogen) atoms. The number of hydrogen-bond acceptors (Lipinski definition) is 2. The lowest BCUT2D eigenvalue weighted by atomic mass is 9.93. The number of rotatable bonds is 4. The van der Waals surface area contributed by atoms with Crippen LogP contribution >= 0.6 is 0 Å². The summed E-state index contributed by atoms with van der Waals surface area (Å²) in [5, 5.41) is 0. The predicted molar refractivity (Wildman–Crippen MR) is 81.1 cm³/mol. The average Bonchev–Trinajstić information content (AvgIpc) is 2.47. The molecule has 0 aliphatic rings. The zero-order valence-corrected chi connectivity index (χ0v) is 11.6. The Bertz CT molecular complexity index is 678.